The van der Waals surface area contributed by atoms with E-state index in [4.69, 9.17) is 0 Å². The molecule has 0 amide bonds. The summed E-state index contributed by atoms with van der Waals surface area (Å²) < 4.78 is 0. The average Bonchev–Trinajstić information content (AvgIpc) is 3.55. The average molecular weight is 733 g/mol. The molecule has 0 bridgehead atoms. The maximum Gasteiger partial charge on any atom is 0.0737 e. The van der Waals surface area contributed by atoms with E-state index < -0.39 is 5.41 Å². The van der Waals surface area contributed by atoms with Crippen molar-refractivity contribution in [2.45, 2.75) is 15.2 Å². The van der Waals surface area contributed by atoms with E-state index in [1.807, 2.05) is 11.8 Å². The number of fused-ring (bicyclic) bond motifs is 10. The lowest BCUT2D eigenvalue weighted by molar-refractivity contribution is 0.724. The van der Waals surface area contributed by atoms with Gasteiger partial charge in [0.25, 0.3) is 0 Å². The Morgan fingerprint density at radius 3 is 1.29 bits per heavy atom. The molecule has 56 heavy (non-hydrogen) atoms. The molecule has 1 spiro atoms. The van der Waals surface area contributed by atoms with Crippen molar-refractivity contribution in [1.82, 2.24) is 0 Å². The van der Waals surface area contributed by atoms with E-state index in [2.05, 4.69) is 228 Å². The van der Waals surface area contributed by atoms with Crippen LogP contribution in [0.15, 0.2) is 228 Å². The van der Waals surface area contributed by atoms with Crippen LogP contribution in [0.25, 0.3) is 21.9 Å². The molecule has 2 nitrogen and oxygen atoms in total. The summed E-state index contributed by atoms with van der Waals surface area (Å²) in [4.78, 5) is 7.34. The quantitative estimate of drug-likeness (QED) is 0.168. The minimum atomic E-state index is -0.587. The highest BCUT2D eigenvalue weighted by Gasteiger charge is 2.51. The van der Waals surface area contributed by atoms with E-state index >= 15 is 0 Å². The highest BCUT2D eigenvalue weighted by molar-refractivity contribution is 7.99. The van der Waals surface area contributed by atoms with E-state index in [0.717, 1.165) is 34.1 Å². The fourth-order valence-corrected chi connectivity index (χ4v) is 10.3. The molecule has 1 atom stereocenters. The van der Waals surface area contributed by atoms with Gasteiger partial charge in [0.1, 0.15) is 0 Å². The molecule has 0 fully saturated rings. The molecule has 264 valence electrons. The summed E-state index contributed by atoms with van der Waals surface area (Å²) in [5.74, 6) is 0. The Bertz CT molecular complexity index is 2810. The summed E-state index contributed by atoms with van der Waals surface area (Å²) in [7, 11) is 0. The number of benzene rings is 9. The van der Waals surface area contributed by atoms with Gasteiger partial charge in [-0.3, -0.25) is 0 Å². The number of para-hydroxylation sites is 4. The van der Waals surface area contributed by atoms with Gasteiger partial charge in [-0.1, -0.05) is 139 Å². The topological polar surface area (TPSA) is 6.48 Å². The molecule has 1 aliphatic carbocycles. The predicted octanol–water partition coefficient (Wildman–Crippen LogP) is 14.6. The SMILES string of the molecule is c1ccc(N(c2ccccc2)c2ccc3c(c2)C2(c4cc5ccccc5cc4S3)c3ccccc3-c3ccc(N(c4ccccc4)c4ccccc4)cc32)cc1. The van der Waals surface area contributed by atoms with Crippen LogP contribution in [0, 0.1) is 0 Å². The Morgan fingerprint density at radius 1 is 0.286 bits per heavy atom. The zero-order valence-electron chi connectivity index (χ0n) is 30.6. The largest absolute Gasteiger partial charge is 0.310 e. The summed E-state index contributed by atoms with van der Waals surface area (Å²) in [6.45, 7) is 0. The summed E-state index contributed by atoms with van der Waals surface area (Å²) >= 11 is 1.89. The smallest absolute Gasteiger partial charge is 0.0737 e. The van der Waals surface area contributed by atoms with Gasteiger partial charge in [0.15, 0.2) is 0 Å². The summed E-state index contributed by atoms with van der Waals surface area (Å²) in [5, 5.41) is 2.51. The first-order chi connectivity index (χ1) is 27.8. The van der Waals surface area contributed by atoms with Crippen molar-refractivity contribution in [1.29, 1.82) is 0 Å². The van der Waals surface area contributed by atoms with E-state index in [0.29, 0.717) is 0 Å². The van der Waals surface area contributed by atoms with Crippen molar-refractivity contribution in [2.75, 3.05) is 9.80 Å². The second-order valence-corrected chi connectivity index (χ2v) is 15.6. The second kappa shape index (κ2) is 13.2. The van der Waals surface area contributed by atoms with E-state index in [1.54, 1.807) is 0 Å². The van der Waals surface area contributed by atoms with Gasteiger partial charge in [-0.2, -0.15) is 0 Å². The minimum Gasteiger partial charge on any atom is -0.310 e. The highest BCUT2D eigenvalue weighted by atomic mass is 32.2. The summed E-state index contributed by atoms with van der Waals surface area (Å²) in [6.07, 6.45) is 0. The second-order valence-electron chi connectivity index (χ2n) is 14.5. The van der Waals surface area contributed by atoms with E-state index in [1.165, 1.54) is 53.9 Å². The van der Waals surface area contributed by atoms with Gasteiger partial charge in [-0.05, 0) is 135 Å². The molecule has 9 aromatic rings. The van der Waals surface area contributed by atoms with E-state index in [9.17, 15) is 0 Å². The molecule has 0 radical (unpaired) electrons. The van der Waals surface area contributed by atoms with Gasteiger partial charge in [0.05, 0.1) is 5.41 Å². The highest BCUT2D eigenvalue weighted by Crippen LogP contribution is 2.64. The van der Waals surface area contributed by atoms with Gasteiger partial charge < -0.3 is 9.80 Å². The lowest BCUT2D eigenvalue weighted by Crippen LogP contribution is -2.32. The van der Waals surface area contributed by atoms with Crippen LogP contribution in [-0.2, 0) is 5.41 Å². The lowest BCUT2D eigenvalue weighted by atomic mass is 9.67. The summed E-state index contributed by atoms with van der Waals surface area (Å²) in [6, 6.07) is 80.0. The number of hydrogen-bond acceptors (Lipinski definition) is 3. The van der Waals surface area contributed by atoms with Crippen LogP contribution in [0.3, 0.4) is 0 Å². The third kappa shape index (κ3) is 5.05. The molecule has 1 heterocycles. The molecule has 1 aliphatic heterocycles. The Balaban J connectivity index is 1.23. The van der Waals surface area contributed by atoms with Crippen LogP contribution < -0.4 is 9.80 Å². The van der Waals surface area contributed by atoms with Gasteiger partial charge >= 0.3 is 0 Å². The van der Waals surface area contributed by atoms with Gasteiger partial charge in [0, 0.05) is 43.9 Å². The fraction of sp³-hybridized carbons (Fsp3) is 0.0189. The minimum absolute atomic E-state index is 0.587. The Kier molecular flexibility index (Phi) is 7.68. The maximum absolute atomic E-state index is 2.48. The number of anilines is 6. The van der Waals surface area contributed by atoms with Gasteiger partial charge in [0.2, 0.25) is 0 Å². The standard InChI is InChI=1S/C53H36N2S/c1-5-19-39(20-6-1)54(40-21-7-2-8-22-40)43-29-31-46-45-27-15-16-28-47(45)53(48(46)35-43)49-33-37-17-13-14-18-38(37)34-52(49)56-51-32-30-44(36-50(51)53)55(41-23-9-3-10-24-41)42-25-11-4-12-26-42/h1-36H. The predicted molar refractivity (Wildman–Crippen MR) is 235 cm³/mol. The van der Waals surface area contributed by atoms with Crippen LogP contribution in [0.2, 0.25) is 0 Å². The van der Waals surface area contributed by atoms with Crippen LogP contribution in [-0.4, -0.2) is 0 Å². The molecule has 3 heteroatoms. The fourth-order valence-electron chi connectivity index (χ4n) is 9.09. The molecule has 0 N–H and O–H groups in total. The molecular weight excluding hydrogens is 697 g/mol. The molecule has 1 unspecified atom stereocenters. The van der Waals surface area contributed by atoms with Crippen molar-refractivity contribution >= 4 is 56.7 Å². The van der Waals surface area contributed by atoms with Crippen molar-refractivity contribution in [3.8, 4) is 11.1 Å². The van der Waals surface area contributed by atoms with Crippen LogP contribution in [0.5, 0.6) is 0 Å². The summed E-state index contributed by atoms with van der Waals surface area (Å²) in [5.41, 5.74) is 14.0. The van der Waals surface area contributed by atoms with Crippen LogP contribution in [0.1, 0.15) is 22.3 Å². The first-order valence-corrected chi connectivity index (χ1v) is 20.0. The molecule has 0 saturated carbocycles. The molecule has 11 rings (SSSR count). The normalized spacial score (nSPS) is 14.8. The first kappa shape index (κ1) is 32.6. The van der Waals surface area contributed by atoms with E-state index in [-0.39, 0.29) is 0 Å². The van der Waals surface area contributed by atoms with Crippen molar-refractivity contribution < 1.29 is 0 Å². The van der Waals surface area contributed by atoms with Gasteiger partial charge in [-0.25, -0.2) is 0 Å². The third-order valence-electron chi connectivity index (χ3n) is 11.4. The molecular formula is C53H36N2S. The Hall–Kier alpha value is -6.81. The van der Waals surface area contributed by atoms with Crippen molar-refractivity contribution in [3.63, 3.8) is 0 Å². The first-order valence-electron chi connectivity index (χ1n) is 19.2. The molecule has 2 aliphatic rings. The Morgan fingerprint density at radius 2 is 0.714 bits per heavy atom. The Labute approximate surface area is 332 Å². The molecule has 0 aromatic heterocycles. The van der Waals surface area contributed by atoms with Crippen molar-refractivity contribution in [2.24, 2.45) is 0 Å². The van der Waals surface area contributed by atoms with Crippen LogP contribution >= 0.6 is 11.8 Å². The number of rotatable bonds is 6. The van der Waals surface area contributed by atoms with Gasteiger partial charge in [-0.15, -0.1) is 0 Å². The number of nitrogens with zero attached hydrogens (tertiary/aromatic N) is 2. The van der Waals surface area contributed by atoms with Crippen LogP contribution in [0.4, 0.5) is 34.1 Å². The lowest BCUT2D eigenvalue weighted by Gasteiger charge is -2.41. The third-order valence-corrected chi connectivity index (χ3v) is 12.6. The molecule has 9 aromatic carbocycles. The monoisotopic (exact) mass is 732 g/mol. The van der Waals surface area contributed by atoms with Crippen molar-refractivity contribution in [3.05, 3.63) is 241 Å². The molecule has 0 saturated heterocycles. The zero-order chi connectivity index (χ0) is 37.1. The maximum atomic E-state index is 2.48. The number of hydrogen-bond donors (Lipinski definition) is 0. The zero-order valence-corrected chi connectivity index (χ0v) is 31.4.